The van der Waals surface area contributed by atoms with Crippen LogP contribution in [0.4, 0.5) is 0 Å². The molecule has 2 aliphatic rings. The van der Waals surface area contributed by atoms with Crippen molar-refractivity contribution < 1.29 is 9.53 Å². The highest BCUT2D eigenvalue weighted by Crippen LogP contribution is 2.41. The third-order valence-corrected chi connectivity index (χ3v) is 4.39. The Hall–Kier alpha value is -1.05. The van der Waals surface area contributed by atoms with Gasteiger partial charge in [-0.3, -0.25) is 0 Å². The van der Waals surface area contributed by atoms with Gasteiger partial charge < -0.3 is 4.74 Å². The summed E-state index contributed by atoms with van der Waals surface area (Å²) in [6.07, 6.45) is 8.76. The van der Waals surface area contributed by atoms with Crippen molar-refractivity contribution in [2.75, 3.05) is 0 Å². The van der Waals surface area contributed by atoms with Gasteiger partial charge in [0.05, 0.1) is 0 Å². The Morgan fingerprint density at radius 1 is 1.47 bits per heavy atom. The molecule has 0 aliphatic heterocycles. The van der Waals surface area contributed by atoms with E-state index in [1.807, 2.05) is 0 Å². The number of hydrogen-bond donors (Lipinski definition) is 0. The van der Waals surface area contributed by atoms with E-state index >= 15 is 0 Å². The van der Waals surface area contributed by atoms with Crippen molar-refractivity contribution in [2.24, 2.45) is 17.8 Å². The lowest BCUT2D eigenvalue weighted by Gasteiger charge is -2.37. The smallest absolute Gasteiger partial charge is 0.333 e. The molecule has 0 aromatic heterocycles. The van der Waals surface area contributed by atoms with Gasteiger partial charge in [-0.1, -0.05) is 32.1 Å². The van der Waals surface area contributed by atoms with Crippen LogP contribution in [0.15, 0.2) is 23.8 Å². The highest BCUT2D eigenvalue weighted by Gasteiger charge is 2.33. The molecule has 0 aromatic rings. The van der Waals surface area contributed by atoms with E-state index in [-0.39, 0.29) is 12.1 Å². The van der Waals surface area contributed by atoms with Crippen molar-refractivity contribution in [1.29, 1.82) is 0 Å². The van der Waals surface area contributed by atoms with E-state index in [2.05, 4.69) is 26.5 Å². The summed E-state index contributed by atoms with van der Waals surface area (Å²) in [5.74, 6) is 1.32. The lowest BCUT2D eigenvalue weighted by Crippen LogP contribution is -2.35. The van der Waals surface area contributed by atoms with Gasteiger partial charge in [0, 0.05) is 11.5 Å². The molecule has 0 amide bonds. The molecule has 2 heteroatoms. The minimum absolute atomic E-state index is 0.0000926. The minimum atomic E-state index is -0.243. The fourth-order valence-electron chi connectivity index (χ4n) is 3.47. The predicted octanol–water partition coefficient (Wildman–Crippen LogP) is 4.27. The molecule has 3 unspecified atom stereocenters. The van der Waals surface area contributed by atoms with Crippen molar-refractivity contribution in [2.45, 2.75) is 59.0 Å². The van der Waals surface area contributed by atoms with Crippen LogP contribution in [0, 0.1) is 17.8 Å². The van der Waals surface area contributed by atoms with Gasteiger partial charge in [0.1, 0.15) is 6.10 Å². The van der Waals surface area contributed by atoms with Crippen LogP contribution in [-0.4, -0.2) is 12.1 Å². The van der Waals surface area contributed by atoms with Crippen molar-refractivity contribution in [1.82, 2.24) is 0 Å². The van der Waals surface area contributed by atoms with Crippen LogP contribution in [-0.2, 0) is 9.53 Å². The molecule has 0 aromatic carbocycles. The molecule has 2 nitrogen and oxygen atoms in total. The molecule has 0 radical (unpaired) electrons. The summed E-state index contributed by atoms with van der Waals surface area (Å²) >= 11 is 0. The fraction of sp³-hybridized carbons (Fsp3) is 0.706. The Morgan fingerprint density at radius 3 is 2.79 bits per heavy atom. The molecule has 2 aliphatic carbocycles. The van der Waals surface area contributed by atoms with Crippen LogP contribution in [0.1, 0.15) is 52.9 Å². The number of carbonyl (C=O) groups excluding carboxylic acids is 1. The lowest BCUT2D eigenvalue weighted by atomic mass is 9.71. The third kappa shape index (κ3) is 3.49. The molecule has 0 saturated heterocycles. The Bertz CT molecular complexity index is 392. The van der Waals surface area contributed by atoms with Crippen LogP contribution < -0.4 is 0 Å². The Balaban J connectivity index is 2.11. The van der Waals surface area contributed by atoms with Gasteiger partial charge in [0.2, 0.25) is 0 Å². The zero-order valence-corrected chi connectivity index (χ0v) is 12.4. The van der Waals surface area contributed by atoms with Gasteiger partial charge >= 0.3 is 5.97 Å². The molecule has 0 heterocycles. The quantitative estimate of drug-likeness (QED) is 0.430. The largest absolute Gasteiger partial charge is 0.458 e. The standard InChI is InChI=1S/C17H26O2/c1-11(2)16(19-17(18)12(3)4)15-9-13-6-5-7-14(8-13)10-15/h9,11,14-16H,3,5-8,10H2,1-2,4H3. The first-order chi connectivity index (χ1) is 8.97. The zero-order chi connectivity index (χ0) is 14.0. The molecule has 3 atom stereocenters. The lowest BCUT2D eigenvalue weighted by molar-refractivity contribution is -0.149. The van der Waals surface area contributed by atoms with Crippen LogP contribution in [0.5, 0.6) is 0 Å². The number of carbonyl (C=O) groups is 1. The number of esters is 1. The van der Waals surface area contributed by atoms with E-state index in [1.54, 1.807) is 12.5 Å². The molecular weight excluding hydrogens is 236 g/mol. The maximum absolute atomic E-state index is 11.8. The van der Waals surface area contributed by atoms with E-state index in [0.29, 0.717) is 17.4 Å². The van der Waals surface area contributed by atoms with Gasteiger partial charge in [-0.2, -0.15) is 0 Å². The predicted molar refractivity (Wildman–Crippen MR) is 77.7 cm³/mol. The van der Waals surface area contributed by atoms with Gasteiger partial charge in [-0.25, -0.2) is 4.79 Å². The number of ether oxygens (including phenoxy) is 1. The Morgan fingerprint density at radius 2 is 2.21 bits per heavy atom. The maximum atomic E-state index is 11.8. The normalized spacial score (nSPS) is 27.7. The summed E-state index contributed by atoms with van der Waals surface area (Å²) in [6, 6.07) is 0. The average Bonchev–Trinajstić information content (AvgIpc) is 2.34. The van der Waals surface area contributed by atoms with E-state index in [1.165, 1.54) is 32.1 Å². The van der Waals surface area contributed by atoms with E-state index in [9.17, 15) is 4.79 Å². The Labute approximate surface area is 116 Å². The van der Waals surface area contributed by atoms with Crippen LogP contribution in [0.25, 0.3) is 0 Å². The SMILES string of the molecule is C=C(C)C(=O)OC(C(C)C)C1C=C2CCCC(C2)C1. The van der Waals surface area contributed by atoms with Crippen molar-refractivity contribution in [3.8, 4) is 0 Å². The van der Waals surface area contributed by atoms with E-state index in [4.69, 9.17) is 4.74 Å². The highest BCUT2D eigenvalue weighted by molar-refractivity contribution is 5.87. The van der Waals surface area contributed by atoms with Crippen LogP contribution in [0.3, 0.4) is 0 Å². The maximum Gasteiger partial charge on any atom is 0.333 e. The summed E-state index contributed by atoms with van der Waals surface area (Å²) in [5, 5.41) is 0. The summed E-state index contributed by atoms with van der Waals surface area (Å²) in [4.78, 5) is 11.8. The van der Waals surface area contributed by atoms with Crippen molar-refractivity contribution >= 4 is 5.97 Å². The summed E-state index contributed by atoms with van der Waals surface area (Å²) in [6.45, 7) is 9.67. The average molecular weight is 262 g/mol. The molecular formula is C17H26O2. The molecule has 0 N–H and O–H groups in total. The second-order valence-electron chi connectivity index (χ2n) is 6.58. The van der Waals surface area contributed by atoms with Gasteiger partial charge in [-0.15, -0.1) is 0 Å². The van der Waals surface area contributed by atoms with Crippen LogP contribution >= 0.6 is 0 Å². The first kappa shape index (κ1) is 14.4. The summed E-state index contributed by atoms with van der Waals surface area (Å²) < 4.78 is 5.70. The molecule has 2 rings (SSSR count). The number of hydrogen-bond acceptors (Lipinski definition) is 2. The molecule has 1 saturated carbocycles. The first-order valence-corrected chi connectivity index (χ1v) is 7.53. The molecule has 19 heavy (non-hydrogen) atoms. The van der Waals surface area contributed by atoms with Gasteiger partial charge in [0.15, 0.2) is 0 Å². The Kier molecular flexibility index (Phi) is 4.49. The zero-order valence-electron chi connectivity index (χ0n) is 12.4. The fourth-order valence-corrected chi connectivity index (χ4v) is 3.47. The number of fused-ring (bicyclic) bond motifs is 2. The molecule has 106 valence electrons. The van der Waals surface area contributed by atoms with E-state index in [0.717, 1.165) is 5.92 Å². The second-order valence-corrected chi connectivity index (χ2v) is 6.58. The van der Waals surface area contributed by atoms with Gasteiger partial charge in [-0.05, 0) is 50.9 Å². The monoisotopic (exact) mass is 262 g/mol. The van der Waals surface area contributed by atoms with Crippen molar-refractivity contribution in [3.63, 3.8) is 0 Å². The second kappa shape index (κ2) is 5.94. The molecule has 2 bridgehead atoms. The van der Waals surface area contributed by atoms with E-state index < -0.39 is 0 Å². The number of allylic oxidation sites excluding steroid dienone is 1. The first-order valence-electron chi connectivity index (χ1n) is 7.53. The minimum Gasteiger partial charge on any atom is -0.458 e. The number of rotatable bonds is 4. The third-order valence-electron chi connectivity index (χ3n) is 4.39. The summed E-state index contributed by atoms with van der Waals surface area (Å²) in [7, 11) is 0. The van der Waals surface area contributed by atoms with Crippen LogP contribution in [0.2, 0.25) is 0 Å². The topological polar surface area (TPSA) is 26.3 Å². The summed E-state index contributed by atoms with van der Waals surface area (Å²) in [5.41, 5.74) is 2.08. The highest BCUT2D eigenvalue weighted by atomic mass is 16.5. The van der Waals surface area contributed by atoms with Gasteiger partial charge in [0.25, 0.3) is 0 Å². The van der Waals surface area contributed by atoms with Crippen molar-refractivity contribution in [3.05, 3.63) is 23.8 Å². The molecule has 1 fully saturated rings. The molecule has 0 spiro atoms.